The lowest BCUT2D eigenvalue weighted by Gasteiger charge is -2.26. The molecule has 1 aliphatic heterocycles. The molecule has 1 fully saturated rings. The molecule has 5 nitrogen and oxygen atoms in total. The van der Waals surface area contributed by atoms with E-state index in [4.69, 9.17) is 16.3 Å². The van der Waals surface area contributed by atoms with E-state index in [1.807, 2.05) is 11.0 Å². The number of carbonyl (C=O) groups is 2. The standard InChI is InChI=1S/C21H22ClFN2O3S/c22-16-9-13(1-3-17(16)23)12-24-20(26)14-2-4-18-15(10-14)11-19(29-18)21(27)25-5-7-28-8-6-25/h1,3,9,11,14H,2,4-8,10,12H2,(H,24,26). The van der Waals surface area contributed by atoms with Crippen molar-refractivity contribution < 1.29 is 18.7 Å². The summed E-state index contributed by atoms with van der Waals surface area (Å²) < 4.78 is 18.6. The van der Waals surface area contributed by atoms with Crippen molar-refractivity contribution >= 4 is 34.8 Å². The second kappa shape index (κ2) is 8.81. The van der Waals surface area contributed by atoms with Crippen LogP contribution in [0, 0.1) is 11.7 Å². The molecule has 1 aliphatic carbocycles. The lowest BCUT2D eigenvalue weighted by molar-refractivity contribution is -0.125. The highest BCUT2D eigenvalue weighted by Gasteiger charge is 2.28. The van der Waals surface area contributed by atoms with Gasteiger partial charge < -0.3 is 15.0 Å². The van der Waals surface area contributed by atoms with Gasteiger partial charge in [0, 0.05) is 30.4 Å². The van der Waals surface area contributed by atoms with Gasteiger partial charge in [-0.1, -0.05) is 17.7 Å². The molecule has 0 spiro atoms. The van der Waals surface area contributed by atoms with Crippen molar-refractivity contribution in [2.24, 2.45) is 5.92 Å². The molecule has 2 aromatic rings. The minimum atomic E-state index is -0.471. The Morgan fingerprint density at radius 3 is 2.83 bits per heavy atom. The Morgan fingerprint density at radius 1 is 1.28 bits per heavy atom. The Balaban J connectivity index is 1.36. The van der Waals surface area contributed by atoms with Gasteiger partial charge in [-0.2, -0.15) is 0 Å². The van der Waals surface area contributed by atoms with Crippen LogP contribution in [0.15, 0.2) is 24.3 Å². The summed E-state index contributed by atoms with van der Waals surface area (Å²) in [7, 11) is 0. The minimum absolute atomic E-state index is 0.0247. The number of ether oxygens (including phenoxy) is 1. The van der Waals surface area contributed by atoms with Gasteiger partial charge in [0.1, 0.15) is 5.82 Å². The summed E-state index contributed by atoms with van der Waals surface area (Å²) in [5, 5.41) is 2.97. The zero-order valence-electron chi connectivity index (χ0n) is 15.9. The summed E-state index contributed by atoms with van der Waals surface area (Å²) in [6, 6.07) is 6.40. The summed E-state index contributed by atoms with van der Waals surface area (Å²) in [6.45, 7) is 2.73. The first-order valence-electron chi connectivity index (χ1n) is 9.71. The SMILES string of the molecule is O=C(NCc1ccc(F)c(Cl)c1)C1CCc2sc(C(=O)N3CCOCC3)cc2C1. The van der Waals surface area contributed by atoms with Crippen molar-refractivity contribution in [2.45, 2.75) is 25.8 Å². The van der Waals surface area contributed by atoms with E-state index in [9.17, 15) is 14.0 Å². The maximum absolute atomic E-state index is 13.3. The average Bonchev–Trinajstić information content (AvgIpc) is 3.17. The topological polar surface area (TPSA) is 58.6 Å². The lowest BCUT2D eigenvalue weighted by Crippen LogP contribution is -2.40. The van der Waals surface area contributed by atoms with Crippen molar-refractivity contribution in [3.8, 4) is 0 Å². The quantitative estimate of drug-likeness (QED) is 0.798. The van der Waals surface area contributed by atoms with Crippen LogP contribution in [0.1, 0.15) is 32.1 Å². The Kier molecular flexibility index (Phi) is 6.18. The fourth-order valence-electron chi connectivity index (χ4n) is 3.76. The predicted molar refractivity (Wildman–Crippen MR) is 110 cm³/mol. The number of amides is 2. The van der Waals surface area contributed by atoms with Crippen molar-refractivity contribution in [1.82, 2.24) is 10.2 Å². The Bertz CT molecular complexity index is 927. The third-order valence-electron chi connectivity index (χ3n) is 5.41. The zero-order valence-corrected chi connectivity index (χ0v) is 17.5. The number of nitrogens with one attached hydrogen (secondary N) is 1. The first-order valence-corrected chi connectivity index (χ1v) is 10.9. The van der Waals surface area contributed by atoms with Gasteiger partial charge in [0.05, 0.1) is 23.1 Å². The number of carbonyl (C=O) groups excluding carboxylic acids is 2. The van der Waals surface area contributed by atoms with Crippen LogP contribution in [0.2, 0.25) is 5.02 Å². The largest absolute Gasteiger partial charge is 0.378 e. The predicted octanol–water partition coefficient (Wildman–Crippen LogP) is 3.43. The molecule has 154 valence electrons. The van der Waals surface area contributed by atoms with Gasteiger partial charge in [0.2, 0.25) is 5.91 Å². The first kappa shape index (κ1) is 20.3. The van der Waals surface area contributed by atoms with E-state index in [0.29, 0.717) is 39.3 Å². The first-order chi connectivity index (χ1) is 14.0. The highest BCUT2D eigenvalue weighted by atomic mass is 35.5. The van der Waals surface area contributed by atoms with Crippen molar-refractivity contribution in [1.29, 1.82) is 0 Å². The smallest absolute Gasteiger partial charge is 0.264 e. The van der Waals surface area contributed by atoms with E-state index in [1.54, 1.807) is 17.4 Å². The Labute approximate surface area is 177 Å². The number of benzene rings is 1. The average molecular weight is 437 g/mol. The van der Waals surface area contributed by atoms with Crippen molar-refractivity contribution in [3.05, 3.63) is 56.0 Å². The number of fused-ring (bicyclic) bond motifs is 1. The van der Waals surface area contributed by atoms with Gasteiger partial charge in [-0.05, 0) is 48.6 Å². The molecule has 0 saturated carbocycles. The molecule has 0 bridgehead atoms. The number of hydrogen-bond acceptors (Lipinski definition) is 4. The molecule has 1 N–H and O–H groups in total. The van der Waals surface area contributed by atoms with Crippen LogP contribution in [0.5, 0.6) is 0 Å². The molecule has 1 aromatic carbocycles. The van der Waals surface area contributed by atoms with Crippen molar-refractivity contribution in [2.75, 3.05) is 26.3 Å². The summed E-state index contributed by atoms with van der Waals surface area (Å²) in [4.78, 5) is 29.1. The normalized spacial score (nSPS) is 19.0. The molecule has 1 atom stereocenters. The third-order valence-corrected chi connectivity index (χ3v) is 6.93. The summed E-state index contributed by atoms with van der Waals surface area (Å²) in [6.07, 6.45) is 2.20. The second-order valence-electron chi connectivity index (χ2n) is 7.37. The molecular formula is C21H22ClFN2O3S. The summed E-state index contributed by atoms with van der Waals surface area (Å²) in [5.74, 6) is -0.564. The van der Waals surface area contributed by atoms with Crippen molar-refractivity contribution in [3.63, 3.8) is 0 Å². The van der Waals surface area contributed by atoms with E-state index in [2.05, 4.69) is 5.32 Å². The highest BCUT2D eigenvalue weighted by Crippen LogP contribution is 2.33. The zero-order chi connectivity index (χ0) is 20.4. The molecule has 8 heteroatoms. The maximum Gasteiger partial charge on any atom is 0.264 e. The van der Waals surface area contributed by atoms with E-state index in [0.717, 1.165) is 28.8 Å². The summed E-state index contributed by atoms with van der Waals surface area (Å²) >= 11 is 7.34. The lowest BCUT2D eigenvalue weighted by atomic mass is 9.87. The van der Waals surface area contributed by atoms with Crippen LogP contribution >= 0.6 is 22.9 Å². The minimum Gasteiger partial charge on any atom is -0.378 e. The molecular weight excluding hydrogens is 415 g/mol. The second-order valence-corrected chi connectivity index (χ2v) is 8.91. The monoisotopic (exact) mass is 436 g/mol. The number of rotatable bonds is 4. The molecule has 4 rings (SSSR count). The van der Waals surface area contributed by atoms with Gasteiger partial charge in [-0.25, -0.2) is 4.39 Å². The van der Waals surface area contributed by atoms with Crippen LogP contribution in [0.3, 0.4) is 0 Å². The van der Waals surface area contributed by atoms with Gasteiger partial charge in [-0.15, -0.1) is 11.3 Å². The van der Waals surface area contributed by atoms with E-state index < -0.39 is 5.82 Å². The van der Waals surface area contributed by atoms with E-state index >= 15 is 0 Å². The maximum atomic E-state index is 13.3. The van der Waals surface area contributed by atoms with Crippen LogP contribution < -0.4 is 5.32 Å². The van der Waals surface area contributed by atoms with Crippen LogP contribution in [0.4, 0.5) is 4.39 Å². The number of aryl methyl sites for hydroxylation is 1. The number of halogens is 2. The van der Waals surface area contributed by atoms with Gasteiger partial charge in [0.25, 0.3) is 5.91 Å². The van der Waals surface area contributed by atoms with Gasteiger partial charge in [-0.3, -0.25) is 9.59 Å². The number of morpholine rings is 1. The van der Waals surface area contributed by atoms with E-state index in [-0.39, 0.29) is 22.8 Å². The number of thiophene rings is 1. The highest BCUT2D eigenvalue weighted by molar-refractivity contribution is 7.14. The Hall–Kier alpha value is -1.96. The molecule has 29 heavy (non-hydrogen) atoms. The number of hydrogen-bond donors (Lipinski definition) is 1. The third kappa shape index (κ3) is 4.63. The number of nitrogens with zero attached hydrogens (tertiary/aromatic N) is 1. The fourth-order valence-corrected chi connectivity index (χ4v) is 5.14. The molecule has 2 aliphatic rings. The van der Waals surface area contributed by atoms with Crippen LogP contribution in [-0.2, 0) is 28.9 Å². The van der Waals surface area contributed by atoms with Crippen LogP contribution in [-0.4, -0.2) is 43.0 Å². The fraction of sp³-hybridized carbons (Fsp3) is 0.429. The molecule has 1 aromatic heterocycles. The van der Waals surface area contributed by atoms with Crippen LogP contribution in [0.25, 0.3) is 0 Å². The molecule has 1 saturated heterocycles. The molecule has 2 amide bonds. The van der Waals surface area contributed by atoms with E-state index in [1.165, 1.54) is 17.0 Å². The van der Waals surface area contributed by atoms with Gasteiger partial charge >= 0.3 is 0 Å². The molecule has 2 heterocycles. The summed E-state index contributed by atoms with van der Waals surface area (Å²) in [5.41, 5.74) is 1.86. The molecule has 0 radical (unpaired) electrons. The van der Waals surface area contributed by atoms with Gasteiger partial charge in [0.15, 0.2) is 0 Å². The molecule has 1 unspecified atom stereocenters. The Morgan fingerprint density at radius 2 is 2.07 bits per heavy atom.